The molecule has 1 aromatic heterocycles. The summed E-state index contributed by atoms with van der Waals surface area (Å²) in [6.07, 6.45) is -1.16. The molecule has 2 fully saturated rings. The van der Waals surface area contributed by atoms with Gasteiger partial charge in [-0.15, -0.1) is 10.2 Å². The molecule has 2 aromatic rings. The highest BCUT2D eigenvalue weighted by atomic mass is 19.4. The fraction of sp³-hybridized carbons (Fsp3) is 0.526. The fourth-order valence-electron chi connectivity index (χ4n) is 4.38. The summed E-state index contributed by atoms with van der Waals surface area (Å²) in [6, 6.07) is 2.72. The van der Waals surface area contributed by atoms with Crippen LogP contribution in [0.5, 0.6) is 5.75 Å². The molecule has 0 radical (unpaired) electrons. The molecule has 2 N–H and O–H groups in total. The van der Waals surface area contributed by atoms with Crippen LogP contribution in [0.3, 0.4) is 0 Å². The summed E-state index contributed by atoms with van der Waals surface area (Å²) in [6.45, 7) is 2.41. The van der Waals surface area contributed by atoms with Crippen molar-refractivity contribution in [1.82, 2.24) is 15.2 Å². The minimum Gasteiger partial charge on any atom is -0.507 e. The van der Waals surface area contributed by atoms with Crippen LogP contribution in [0, 0.1) is 12.8 Å². The third kappa shape index (κ3) is 3.28. The first kappa shape index (κ1) is 18.9. The topological polar surface area (TPSA) is 82.4 Å². The third-order valence-corrected chi connectivity index (χ3v) is 5.74. The lowest BCUT2D eigenvalue weighted by molar-refractivity contribution is -0.137. The molecule has 0 amide bonds. The zero-order valence-corrected chi connectivity index (χ0v) is 15.3. The minimum atomic E-state index is -4.54. The summed E-state index contributed by atoms with van der Waals surface area (Å²) in [5, 5.41) is 28.7. The van der Waals surface area contributed by atoms with E-state index in [1.54, 1.807) is 6.92 Å². The van der Waals surface area contributed by atoms with Gasteiger partial charge in [-0.05, 0) is 50.3 Å². The van der Waals surface area contributed by atoms with E-state index >= 15 is 0 Å². The quantitative estimate of drug-likeness (QED) is 0.813. The van der Waals surface area contributed by atoms with E-state index in [9.17, 15) is 23.4 Å². The molecule has 150 valence electrons. The first-order valence-electron chi connectivity index (χ1n) is 9.32. The zero-order valence-electron chi connectivity index (χ0n) is 15.3. The van der Waals surface area contributed by atoms with Crippen LogP contribution in [0.15, 0.2) is 18.2 Å². The molecular formula is C19H21F3N4O2. The van der Waals surface area contributed by atoms with Crippen molar-refractivity contribution >= 4 is 5.95 Å². The maximum atomic E-state index is 12.8. The highest BCUT2D eigenvalue weighted by Gasteiger charge is 2.42. The Bertz CT molecular complexity index is 890. The van der Waals surface area contributed by atoms with E-state index in [-0.39, 0.29) is 17.3 Å². The van der Waals surface area contributed by atoms with Crippen molar-refractivity contribution in [2.75, 3.05) is 11.4 Å². The Morgan fingerprint density at radius 3 is 2.61 bits per heavy atom. The molecule has 0 unspecified atom stereocenters. The second-order valence-corrected chi connectivity index (χ2v) is 7.51. The Morgan fingerprint density at radius 1 is 1.14 bits per heavy atom. The molecule has 28 heavy (non-hydrogen) atoms. The van der Waals surface area contributed by atoms with Crippen molar-refractivity contribution in [1.29, 1.82) is 0 Å². The Morgan fingerprint density at radius 2 is 1.93 bits per heavy atom. The van der Waals surface area contributed by atoms with E-state index in [0.29, 0.717) is 23.6 Å². The van der Waals surface area contributed by atoms with Gasteiger partial charge in [0.25, 0.3) is 0 Å². The SMILES string of the molecule is Cc1nc(N2CC[C@H]3CCC[C@@H](O)[C@H]32)nnc1-c1ccc(C(F)(F)F)cc1O. The number of rotatable bonds is 2. The molecule has 2 aliphatic rings. The van der Waals surface area contributed by atoms with Crippen LogP contribution in [0.2, 0.25) is 0 Å². The van der Waals surface area contributed by atoms with Gasteiger partial charge in [0.2, 0.25) is 5.95 Å². The van der Waals surface area contributed by atoms with Crippen molar-refractivity contribution < 1.29 is 23.4 Å². The second kappa shape index (κ2) is 6.88. The first-order chi connectivity index (χ1) is 13.3. The first-order valence-corrected chi connectivity index (χ1v) is 9.32. The van der Waals surface area contributed by atoms with Gasteiger partial charge in [-0.3, -0.25) is 0 Å². The molecule has 6 nitrogen and oxygen atoms in total. The van der Waals surface area contributed by atoms with Crippen molar-refractivity contribution in [2.24, 2.45) is 5.92 Å². The number of fused-ring (bicyclic) bond motifs is 1. The van der Waals surface area contributed by atoms with E-state index in [1.165, 1.54) is 6.07 Å². The molecule has 1 aromatic carbocycles. The number of alkyl halides is 3. The molecule has 2 heterocycles. The van der Waals surface area contributed by atoms with Gasteiger partial charge in [-0.1, -0.05) is 6.42 Å². The number of benzene rings is 1. The molecule has 1 saturated carbocycles. The normalized spacial score (nSPS) is 25.0. The standard InChI is InChI=1S/C19H21F3N4O2/c1-10-16(13-6-5-12(9-15(13)28)19(20,21)22)24-25-18(23-10)26-8-7-11-3-2-4-14(27)17(11)26/h5-6,9,11,14,17,27-28H,2-4,7-8H2,1H3/t11-,14-,17+/m1/s1. The van der Waals surface area contributed by atoms with Crippen LogP contribution in [-0.4, -0.2) is 44.1 Å². The van der Waals surface area contributed by atoms with Crippen LogP contribution >= 0.6 is 0 Å². The van der Waals surface area contributed by atoms with Crippen LogP contribution in [0.4, 0.5) is 19.1 Å². The van der Waals surface area contributed by atoms with Gasteiger partial charge in [-0.25, -0.2) is 4.98 Å². The van der Waals surface area contributed by atoms with E-state index in [0.717, 1.165) is 38.3 Å². The number of aliphatic hydroxyl groups is 1. The zero-order chi connectivity index (χ0) is 20.1. The third-order valence-electron chi connectivity index (χ3n) is 5.74. The lowest BCUT2D eigenvalue weighted by atomic mass is 9.83. The average molecular weight is 394 g/mol. The van der Waals surface area contributed by atoms with Crippen LogP contribution in [0.1, 0.15) is 36.9 Å². The fourth-order valence-corrected chi connectivity index (χ4v) is 4.38. The number of aromatic nitrogens is 3. The molecule has 1 aliphatic carbocycles. The lowest BCUT2D eigenvalue weighted by Gasteiger charge is -2.35. The Balaban J connectivity index is 1.64. The molecule has 1 saturated heterocycles. The number of anilines is 1. The predicted octanol–water partition coefficient (Wildman–Crippen LogP) is 3.31. The Kier molecular flexibility index (Phi) is 4.65. The van der Waals surface area contributed by atoms with Crippen molar-refractivity contribution in [3.05, 3.63) is 29.5 Å². The Labute approximate surface area is 160 Å². The Hall–Kier alpha value is -2.42. The number of hydrogen-bond donors (Lipinski definition) is 2. The van der Waals surface area contributed by atoms with Crippen LogP contribution in [-0.2, 0) is 6.18 Å². The number of phenolic OH excluding ortho intramolecular Hbond substituents is 1. The molecule has 0 bridgehead atoms. The van der Waals surface area contributed by atoms with Crippen molar-refractivity contribution in [3.63, 3.8) is 0 Å². The van der Waals surface area contributed by atoms with Crippen molar-refractivity contribution in [3.8, 4) is 17.0 Å². The lowest BCUT2D eigenvalue weighted by Crippen LogP contribution is -2.45. The van der Waals surface area contributed by atoms with Gasteiger partial charge in [-0.2, -0.15) is 13.2 Å². The summed E-state index contributed by atoms with van der Waals surface area (Å²) in [7, 11) is 0. The molecule has 9 heteroatoms. The molecular weight excluding hydrogens is 373 g/mol. The van der Waals surface area contributed by atoms with Gasteiger partial charge in [0, 0.05) is 12.1 Å². The summed E-state index contributed by atoms with van der Waals surface area (Å²) in [5.41, 5.74) is -0.101. The van der Waals surface area contributed by atoms with Gasteiger partial charge in [0.05, 0.1) is 23.4 Å². The van der Waals surface area contributed by atoms with E-state index in [4.69, 9.17) is 0 Å². The van der Waals surface area contributed by atoms with Gasteiger partial charge in [0.1, 0.15) is 11.4 Å². The van der Waals surface area contributed by atoms with Gasteiger partial charge >= 0.3 is 6.18 Å². The number of phenols is 1. The highest BCUT2D eigenvalue weighted by molar-refractivity contribution is 5.69. The van der Waals surface area contributed by atoms with E-state index in [2.05, 4.69) is 15.2 Å². The molecule has 4 rings (SSSR count). The largest absolute Gasteiger partial charge is 0.507 e. The number of nitrogens with zero attached hydrogens (tertiary/aromatic N) is 4. The van der Waals surface area contributed by atoms with Crippen molar-refractivity contribution in [2.45, 2.75) is 50.9 Å². The number of halogens is 3. The average Bonchev–Trinajstić information content (AvgIpc) is 3.07. The van der Waals surface area contributed by atoms with Crippen LogP contribution < -0.4 is 4.90 Å². The smallest absolute Gasteiger partial charge is 0.416 e. The summed E-state index contributed by atoms with van der Waals surface area (Å²) < 4.78 is 38.4. The van der Waals surface area contributed by atoms with E-state index < -0.39 is 23.6 Å². The van der Waals surface area contributed by atoms with Gasteiger partial charge in [0.15, 0.2) is 0 Å². The second-order valence-electron chi connectivity index (χ2n) is 7.51. The number of aliphatic hydroxyl groups excluding tert-OH is 1. The monoisotopic (exact) mass is 394 g/mol. The number of aromatic hydroxyl groups is 1. The maximum absolute atomic E-state index is 12.8. The number of aryl methyl sites for hydroxylation is 1. The maximum Gasteiger partial charge on any atom is 0.416 e. The summed E-state index contributed by atoms with van der Waals surface area (Å²) >= 11 is 0. The minimum absolute atomic E-state index is 0.0275. The van der Waals surface area contributed by atoms with Crippen LogP contribution in [0.25, 0.3) is 11.3 Å². The number of hydrogen-bond acceptors (Lipinski definition) is 6. The summed E-state index contributed by atoms with van der Waals surface area (Å²) in [4.78, 5) is 6.45. The molecule has 3 atom stereocenters. The van der Waals surface area contributed by atoms with E-state index in [1.807, 2.05) is 4.90 Å². The molecule has 1 aliphatic heterocycles. The summed E-state index contributed by atoms with van der Waals surface area (Å²) in [5.74, 6) is 0.290. The van der Waals surface area contributed by atoms with Gasteiger partial charge < -0.3 is 15.1 Å². The highest BCUT2D eigenvalue weighted by Crippen LogP contribution is 2.39. The predicted molar refractivity (Wildman–Crippen MR) is 95.8 cm³/mol. The molecule has 0 spiro atoms.